The van der Waals surface area contributed by atoms with Crippen molar-refractivity contribution in [1.82, 2.24) is 4.90 Å². The maximum atomic E-state index is 12.5. The first kappa shape index (κ1) is 23.2. The summed E-state index contributed by atoms with van der Waals surface area (Å²) >= 11 is 12.3. The van der Waals surface area contributed by atoms with Crippen LogP contribution < -0.4 is 15.0 Å². The summed E-state index contributed by atoms with van der Waals surface area (Å²) in [6, 6.07) is 12.2. The highest BCUT2D eigenvalue weighted by atomic mass is 35.5. The number of benzene rings is 2. The van der Waals surface area contributed by atoms with Gasteiger partial charge >= 0.3 is 0 Å². The number of hydrogen-bond donors (Lipinski definition) is 1. The molecule has 2 aromatic carbocycles. The third-order valence-electron chi connectivity index (χ3n) is 4.96. The molecule has 0 saturated carbocycles. The monoisotopic (exact) mass is 463 g/mol. The van der Waals surface area contributed by atoms with Crippen LogP contribution in [0.2, 0.25) is 10.0 Å². The molecule has 0 aliphatic carbocycles. The van der Waals surface area contributed by atoms with Crippen LogP contribution in [0.5, 0.6) is 5.75 Å². The Morgan fingerprint density at radius 2 is 1.65 bits per heavy atom. The van der Waals surface area contributed by atoms with Crippen LogP contribution in [0.25, 0.3) is 0 Å². The Bertz CT molecular complexity index is 934. The topological polar surface area (TPSA) is 61.9 Å². The van der Waals surface area contributed by atoms with E-state index in [9.17, 15) is 9.59 Å². The van der Waals surface area contributed by atoms with Gasteiger partial charge in [0.05, 0.1) is 10.7 Å². The molecule has 0 spiro atoms. The summed E-state index contributed by atoms with van der Waals surface area (Å²) in [5.74, 6) is 0.446. The lowest BCUT2D eigenvalue weighted by molar-refractivity contribution is -0.139. The standard InChI is InChI=1S/C23H27Cl2N3O3/c1-23(2,3)22(30)28-12-10-27(11-13-28)20-9-6-17(14-19(20)25)26-21(29)15-31-18-7-4-16(24)5-8-18/h4-9,14H,10-13,15H2,1-3H3,(H,26,29). The van der Waals surface area contributed by atoms with E-state index in [4.69, 9.17) is 27.9 Å². The van der Waals surface area contributed by atoms with E-state index in [0.717, 1.165) is 5.69 Å². The maximum absolute atomic E-state index is 12.5. The molecule has 2 amide bonds. The number of anilines is 2. The second-order valence-electron chi connectivity index (χ2n) is 8.49. The summed E-state index contributed by atoms with van der Waals surface area (Å²) < 4.78 is 5.45. The van der Waals surface area contributed by atoms with E-state index >= 15 is 0 Å². The van der Waals surface area contributed by atoms with Crippen molar-refractivity contribution in [2.45, 2.75) is 20.8 Å². The SMILES string of the molecule is CC(C)(C)C(=O)N1CCN(c2ccc(NC(=O)COc3ccc(Cl)cc3)cc2Cl)CC1. The Morgan fingerprint density at radius 1 is 1.00 bits per heavy atom. The van der Waals surface area contributed by atoms with Gasteiger partial charge < -0.3 is 19.9 Å². The fraction of sp³-hybridized carbons (Fsp3) is 0.391. The van der Waals surface area contributed by atoms with Gasteiger partial charge in [-0.25, -0.2) is 0 Å². The quantitative estimate of drug-likeness (QED) is 0.697. The average molecular weight is 464 g/mol. The van der Waals surface area contributed by atoms with E-state index in [2.05, 4.69) is 10.2 Å². The summed E-state index contributed by atoms with van der Waals surface area (Å²) in [4.78, 5) is 28.7. The van der Waals surface area contributed by atoms with Crippen molar-refractivity contribution in [2.75, 3.05) is 43.0 Å². The number of carbonyl (C=O) groups is 2. The van der Waals surface area contributed by atoms with Crippen molar-refractivity contribution in [3.63, 3.8) is 0 Å². The smallest absolute Gasteiger partial charge is 0.262 e. The van der Waals surface area contributed by atoms with E-state index < -0.39 is 0 Å². The van der Waals surface area contributed by atoms with Crippen LogP contribution in [0.3, 0.4) is 0 Å². The van der Waals surface area contributed by atoms with Gasteiger partial charge in [-0.15, -0.1) is 0 Å². The molecule has 0 aromatic heterocycles. The van der Waals surface area contributed by atoms with Crippen molar-refractivity contribution in [3.05, 3.63) is 52.5 Å². The Balaban J connectivity index is 1.53. The van der Waals surface area contributed by atoms with Crippen LogP contribution in [-0.4, -0.2) is 49.5 Å². The molecule has 1 heterocycles. The molecular formula is C23H27Cl2N3O3. The zero-order valence-electron chi connectivity index (χ0n) is 18.0. The number of carbonyl (C=O) groups excluding carboxylic acids is 2. The van der Waals surface area contributed by atoms with Crippen LogP contribution in [0.4, 0.5) is 11.4 Å². The van der Waals surface area contributed by atoms with Crippen LogP contribution in [0, 0.1) is 5.41 Å². The lowest BCUT2D eigenvalue weighted by Gasteiger charge is -2.39. The minimum atomic E-state index is -0.378. The summed E-state index contributed by atoms with van der Waals surface area (Å²) in [5.41, 5.74) is 1.11. The molecule has 1 N–H and O–H groups in total. The van der Waals surface area contributed by atoms with E-state index in [1.807, 2.05) is 37.8 Å². The number of ether oxygens (including phenoxy) is 1. The van der Waals surface area contributed by atoms with Crippen molar-refractivity contribution in [1.29, 1.82) is 0 Å². The van der Waals surface area contributed by atoms with E-state index in [1.54, 1.807) is 30.3 Å². The summed E-state index contributed by atoms with van der Waals surface area (Å²) in [6.07, 6.45) is 0. The minimum Gasteiger partial charge on any atom is -0.484 e. The van der Waals surface area contributed by atoms with Crippen LogP contribution in [-0.2, 0) is 9.59 Å². The minimum absolute atomic E-state index is 0.120. The van der Waals surface area contributed by atoms with Gasteiger partial charge in [-0.3, -0.25) is 9.59 Å². The van der Waals surface area contributed by atoms with Gasteiger partial charge in [0.1, 0.15) is 5.75 Å². The van der Waals surface area contributed by atoms with Crippen molar-refractivity contribution in [2.24, 2.45) is 5.41 Å². The molecule has 1 aliphatic heterocycles. The summed E-state index contributed by atoms with van der Waals surface area (Å²) in [6.45, 7) is 8.43. The van der Waals surface area contributed by atoms with Crippen LogP contribution in [0.15, 0.2) is 42.5 Å². The number of hydrogen-bond acceptors (Lipinski definition) is 4. The van der Waals surface area contributed by atoms with Gasteiger partial charge in [-0.2, -0.15) is 0 Å². The highest BCUT2D eigenvalue weighted by molar-refractivity contribution is 6.33. The molecule has 31 heavy (non-hydrogen) atoms. The molecule has 3 rings (SSSR count). The van der Waals surface area contributed by atoms with Crippen molar-refractivity contribution < 1.29 is 14.3 Å². The highest BCUT2D eigenvalue weighted by Gasteiger charge is 2.30. The molecule has 1 saturated heterocycles. The summed E-state index contributed by atoms with van der Waals surface area (Å²) in [5, 5.41) is 3.94. The van der Waals surface area contributed by atoms with Gasteiger partial charge in [-0.05, 0) is 42.5 Å². The first-order chi connectivity index (χ1) is 14.6. The number of rotatable bonds is 5. The second kappa shape index (κ2) is 9.79. The number of piperazine rings is 1. The van der Waals surface area contributed by atoms with Crippen LogP contribution >= 0.6 is 23.2 Å². The van der Waals surface area contributed by atoms with Gasteiger partial charge in [0, 0.05) is 42.3 Å². The van der Waals surface area contributed by atoms with Crippen molar-refractivity contribution in [3.8, 4) is 5.75 Å². The molecule has 0 bridgehead atoms. The molecule has 6 nitrogen and oxygen atoms in total. The molecule has 166 valence electrons. The maximum Gasteiger partial charge on any atom is 0.262 e. The number of nitrogens with zero attached hydrogens (tertiary/aromatic N) is 2. The Morgan fingerprint density at radius 3 is 2.23 bits per heavy atom. The molecule has 1 aliphatic rings. The van der Waals surface area contributed by atoms with E-state index in [-0.39, 0.29) is 23.8 Å². The van der Waals surface area contributed by atoms with Crippen LogP contribution in [0.1, 0.15) is 20.8 Å². The summed E-state index contributed by atoms with van der Waals surface area (Å²) in [7, 11) is 0. The molecule has 0 unspecified atom stereocenters. The zero-order valence-corrected chi connectivity index (χ0v) is 19.5. The molecule has 1 fully saturated rings. The third-order valence-corrected chi connectivity index (χ3v) is 5.52. The highest BCUT2D eigenvalue weighted by Crippen LogP contribution is 2.30. The van der Waals surface area contributed by atoms with Crippen molar-refractivity contribution >= 4 is 46.4 Å². The van der Waals surface area contributed by atoms with Gasteiger partial charge in [0.2, 0.25) is 5.91 Å². The average Bonchev–Trinajstić information content (AvgIpc) is 2.72. The second-order valence-corrected chi connectivity index (χ2v) is 9.33. The Kier molecular flexibility index (Phi) is 7.34. The Labute approximate surface area is 193 Å². The fourth-order valence-electron chi connectivity index (χ4n) is 3.34. The molecule has 8 heteroatoms. The normalized spacial score (nSPS) is 14.4. The predicted molar refractivity (Wildman–Crippen MR) is 125 cm³/mol. The third kappa shape index (κ3) is 6.28. The molecule has 0 radical (unpaired) electrons. The largest absolute Gasteiger partial charge is 0.484 e. The number of halogens is 2. The lowest BCUT2D eigenvalue weighted by Crippen LogP contribution is -2.51. The lowest BCUT2D eigenvalue weighted by atomic mass is 9.94. The van der Waals surface area contributed by atoms with Gasteiger partial charge in [0.15, 0.2) is 6.61 Å². The fourth-order valence-corrected chi connectivity index (χ4v) is 3.77. The number of amides is 2. The molecule has 0 atom stereocenters. The molecule has 2 aromatic rings. The number of nitrogens with one attached hydrogen (secondary N) is 1. The predicted octanol–water partition coefficient (Wildman–Crippen LogP) is 4.71. The zero-order chi connectivity index (χ0) is 22.6. The van der Waals surface area contributed by atoms with E-state index in [1.165, 1.54) is 0 Å². The van der Waals surface area contributed by atoms with Gasteiger partial charge in [0.25, 0.3) is 5.91 Å². The first-order valence-electron chi connectivity index (χ1n) is 10.2. The first-order valence-corrected chi connectivity index (χ1v) is 10.9. The molecular weight excluding hydrogens is 437 g/mol. The Hall–Kier alpha value is -2.44. The van der Waals surface area contributed by atoms with E-state index in [0.29, 0.717) is 47.7 Å². The van der Waals surface area contributed by atoms with Gasteiger partial charge in [-0.1, -0.05) is 44.0 Å².